The van der Waals surface area contributed by atoms with Gasteiger partial charge < -0.3 is 15.7 Å². The summed E-state index contributed by atoms with van der Waals surface area (Å²) >= 11 is 4.99. The molecule has 0 radical (unpaired) electrons. The Kier molecular flexibility index (Phi) is 4.32. The van der Waals surface area contributed by atoms with Crippen molar-refractivity contribution >= 4 is 17.2 Å². The topological polar surface area (TPSA) is 49.5 Å². The normalized spacial score (nSPS) is 18.8. The van der Waals surface area contributed by atoms with Crippen molar-refractivity contribution in [1.29, 1.82) is 0 Å². The van der Waals surface area contributed by atoms with Gasteiger partial charge in [0.15, 0.2) is 0 Å². The maximum atomic E-state index is 9.83. The van der Waals surface area contributed by atoms with Crippen molar-refractivity contribution in [3.05, 3.63) is 0 Å². The van der Waals surface area contributed by atoms with Crippen LogP contribution < -0.4 is 5.73 Å². The number of rotatable bonds is 7. The predicted molar refractivity (Wildman–Crippen MR) is 71.5 cm³/mol. The van der Waals surface area contributed by atoms with E-state index >= 15 is 0 Å². The monoisotopic (exact) mass is 244 g/mol. The Morgan fingerprint density at radius 2 is 2.06 bits per heavy atom. The molecular formula is C12H24N2OS. The van der Waals surface area contributed by atoms with Crippen LogP contribution in [0.15, 0.2) is 0 Å². The number of nitrogens with zero attached hydrogens (tertiary/aromatic N) is 1. The van der Waals surface area contributed by atoms with Crippen LogP contribution in [0.25, 0.3) is 0 Å². The first-order valence-electron chi connectivity index (χ1n) is 5.99. The molecule has 0 aliphatic heterocycles. The van der Waals surface area contributed by atoms with Gasteiger partial charge in [0.25, 0.3) is 0 Å². The minimum absolute atomic E-state index is 0.313. The standard InChI is InChI=1S/C12H24N2OS/c1-4-14(8-11(2,3)15)9-12(5-6-12)7-10(13)16/h15H,4-9H2,1-3H3,(H2,13,16). The van der Waals surface area contributed by atoms with E-state index < -0.39 is 5.60 Å². The third-order valence-electron chi connectivity index (χ3n) is 3.12. The van der Waals surface area contributed by atoms with Crippen molar-refractivity contribution in [3.8, 4) is 0 Å². The van der Waals surface area contributed by atoms with Gasteiger partial charge in [0.05, 0.1) is 10.6 Å². The molecular weight excluding hydrogens is 220 g/mol. The minimum atomic E-state index is -0.630. The predicted octanol–water partition coefficient (Wildman–Crippen LogP) is 1.54. The highest BCUT2D eigenvalue weighted by Crippen LogP contribution is 2.49. The molecule has 1 saturated carbocycles. The van der Waals surface area contributed by atoms with Gasteiger partial charge in [-0.1, -0.05) is 19.1 Å². The maximum Gasteiger partial charge on any atom is 0.0733 e. The molecule has 0 amide bonds. The summed E-state index contributed by atoms with van der Waals surface area (Å²) in [6.45, 7) is 8.50. The van der Waals surface area contributed by atoms with Gasteiger partial charge in [0.2, 0.25) is 0 Å². The van der Waals surface area contributed by atoms with Gasteiger partial charge in [0, 0.05) is 19.5 Å². The van der Waals surface area contributed by atoms with Crippen LogP contribution in [0.2, 0.25) is 0 Å². The number of hydrogen-bond donors (Lipinski definition) is 2. The van der Waals surface area contributed by atoms with Gasteiger partial charge in [0.1, 0.15) is 0 Å². The average molecular weight is 244 g/mol. The Balaban J connectivity index is 2.47. The van der Waals surface area contributed by atoms with Crippen molar-refractivity contribution in [1.82, 2.24) is 4.90 Å². The molecule has 3 N–H and O–H groups in total. The van der Waals surface area contributed by atoms with Crippen LogP contribution in [-0.4, -0.2) is 40.2 Å². The van der Waals surface area contributed by atoms with Crippen LogP contribution in [0, 0.1) is 5.41 Å². The summed E-state index contributed by atoms with van der Waals surface area (Å²) in [5, 5.41) is 9.83. The minimum Gasteiger partial charge on any atom is -0.393 e. The number of thiocarbonyl (C=S) groups is 1. The third kappa shape index (κ3) is 4.76. The molecule has 0 atom stereocenters. The molecule has 16 heavy (non-hydrogen) atoms. The van der Waals surface area contributed by atoms with E-state index in [1.807, 2.05) is 13.8 Å². The van der Waals surface area contributed by atoms with Crippen LogP contribution in [0.4, 0.5) is 0 Å². The molecule has 1 fully saturated rings. The average Bonchev–Trinajstić information content (AvgIpc) is 2.80. The van der Waals surface area contributed by atoms with Gasteiger partial charge >= 0.3 is 0 Å². The van der Waals surface area contributed by atoms with Gasteiger partial charge in [-0.05, 0) is 38.6 Å². The molecule has 1 rings (SSSR count). The lowest BCUT2D eigenvalue weighted by Crippen LogP contribution is -2.42. The maximum absolute atomic E-state index is 9.83. The molecule has 1 aliphatic rings. The highest BCUT2D eigenvalue weighted by molar-refractivity contribution is 7.80. The van der Waals surface area contributed by atoms with Gasteiger partial charge in [-0.2, -0.15) is 0 Å². The van der Waals surface area contributed by atoms with Gasteiger partial charge in [-0.15, -0.1) is 0 Å². The molecule has 0 unspecified atom stereocenters. The molecule has 0 aromatic carbocycles. The fraction of sp³-hybridized carbons (Fsp3) is 0.917. The molecule has 0 saturated heterocycles. The lowest BCUT2D eigenvalue weighted by molar-refractivity contribution is 0.0316. The van der Waals surface area contributed by atoms with Crippen LogP contribution in [0.1, 0.15) is 40.0 Å². The van der Waals surface area contributed by atoms with Crippen LogP contribution in [0.5, 0.6) is 0 Å². The number of hydrogen-bond acceptors (Lipinski definition) is 3. The Hall–Kier alpha value is -0.190. The summed E-state index contributed by atoms with van der Waals surface area (Å²) in [7, 11) is 0. The van der Waals surface area contributed by atoms with Crippen LogP contribution in [-0.2, 0) is 0 Å². The second kappa shape index (κ2) is 4.98. The summed E-state index contributed by atoms with van der Waals surface area (Å²) in [5.74, 6) is 0. The van der Waals surface area contributed by atoms with E-state index in [4.69, 9.17) is 18.0 Å². The highest BCUT2D eigenvalue weighted by atomic mass is 32.1. The molecule has 0 spiro atoms. The third-order valence-corrected chi connectivity index (χ3v) is 3.27. The SMILES string of the molecule is CCN(CC(C)(C)O)CC1(CC(N)=S)CC1. The molecule has 0 aromatic heterocycles. The van der Waals surface area contributed by atoms with Crippen molar-refractivity contribution in [2.75, 3.05) is 19.6 Å². The molecule has 94 valence electrons. The molecule has 3 nitrogen and oxygen atoms in total. The quantitative estimate of drug-likeness (QED) is 0.667. The second-order valence-corrected chi connectivity index (χ2v) is 6.28. The fourth-order valence-electron chi connectivity index (χ4n) is 2.24. The number of aliphatic hydroxyl groups is 1. The molecule has 1 aliphatic carbocycles. The van der Waals surface area contributed by atoms with E-state index in [0.29, 0.717) is 16.9 Å². The lowest BCUT2D eigenvalue weighted by Gasteiger charge is -2.31. The number of likely N-dealkylation sites (N-methyl/N-ethyl adjacent to an activating group) is 1. The van der Waals surface area contributed by atoms with Gasteiger partial charge in [-0.25, -0.2) is 0 Å². The number of nitrogens with two attached hydrogens (primary N) is 1. The first-order chi connectivity index (χ1) is 7.26. The molecule has 0 bridgehead atoms. The smallest absolute Gasteiger partial charge is 0.0733 e. The lowest BCUT2D eigenvalue weighted by atomic mass is 10.0. The fourth-order valence-corrected chi connectivity index (χ4v) is 2.54. The van der Waals surface area contributed by atoms with Gasteiger partial charge in [-0.3, -0.25) is 0 Å². The zero-order chi connectivity index (χ0) is 12.4. The van der Waals surface area contributed by atoms with Crippen LogP contribution >= 0.6 is 12.2 Å². The summed E-state index contributed by atoms with van der Waals surface area (Å²) in [4.78, 5) is 2.92. The summed E-state index contributed by atoms with van der Waals surface area (Å²) in [5.41, 5.74) is 5.31. The van der Waals surface area contributed by atoms with E-state index in [-0.39, 0.29) is 0 Å². The summed E-state index contributed by atoms with van der Waals surface area (Å²) in [6, 6.07) is 0. The van der Waals surface area contributed by atoms with Crippen LogP contribution in [0.3, 0.4) is 0 Å². The zero-order valence-corrected chi connectivity index (χ0v) is 11.4. The van der Waals surface area contributed by atoms with Crippen molar-refractivity contribution in [2.24, 2.45) is 11.1 Å². The summed E-state index contributed by atoms with van der Waals surface area (Å²) < 4.78 is 0. The Bertz CT molecular complexity index is 256. The Labute approximate surface area is 104 Å². The van der Waals surface area contributed by atoms with Crippen molar-refractivity contribution in [3.63, 3.8) is 0 Å². The zero-order valence-electron chi connectivity index (χ0n) is 10.6. The highest BCUT2D eigenvalue weighted by Gasteiger charge is 2.44. The second-order valence-electron chi connectivity index (χ2n) is 5.76. The Morgan fingerprint density at radius 3 is 2.38 bits per heavy atom. The van der Waals surface area contributed by atoms with E-state index in [1.54, 1.807) is 0 Å². The molecule has 0 aromatic rings. The van der Waals surface area contributed by atoms with E-state index in [2.05, 4.69) is 11.8 Å². The first kappa shape index (κ1) is 13.9. The van der Waals surface area contributed by atoms with E-state index in [1.165, 1.54) is 12.8 Å². The largest absolute Gasteiger partial charge is 0.393 e. The molecule has 4 heteroatoms. The van der Waals surface area contributed by atoms with Crippen molar-refractivity contribution in [2.45, 2.75) is 45.6 Å². The van der Waals surface area contributed by atoms with E-state index in [9.17, 15) is 5.11 Å². The molecule has 0 heterocycles. The Morgan fingerprint density at radius 1 is 1.50 bits per heavy atom. The first-order valence-corrected chi connectivity index (χ1v) is 6.40. The van der Waals surface area contributed by atoms with Crippen molar-refractivity contribution < 1.29 is 5.11 Å². The van der Waals surface area contributed by atoms with E-state index in [0.717, 1.165) is 19.5 Å². The summed E-state index contributed by atoms with van der Waals surface area (Å²) in [6.07, 6.45) is 3.28.